The minimum atomic E-state index is -3.80. The second-order valence-corrected chi connectivity index (χ2v) is 7.91. The van der Waals surface area contributed by atoms with E-state index in [1.165, 1.54) is 0 Å². The summed E-state index contributed by atoms with van der Waals surface area (Å²) in [6.45, 7) is 1.56. The fourth-order valence-electron chi connectivity index (χ4n) is 2.73. The molecule has 0 saturated heterocycles. The zero-order valence-electron chi connectivity index (χ0n) is 13.4. The van der Waals surface area contributed by atoms with Gasteiger partial charge in [0.05, 0.1) is 17.2 Å². The zero-order chi connectivity index (χ0) is 17.3. The highest BCUT2D eigenvalue weighted by Gasteiger charge is 2.36. The molecule has 24 heavy (non-hydrogen) atoms. The highest BCUT2D eigenvalue weighted by molar-refractivity contribution is 7.98. The number of anilines is 1. The number of esters is 1. The van der Waals surface area contributed by atoms with Crippen LogP contribution in [-0.2, 0) is 19.6 Å². The van der Waals surface area contributed by atoms with Crippen LogP contribution in [0.3, 0.4) is 0 Å². The SMILES string of the molecule is CCOC(=O)CN1c2ccc(SC)cc2-c2ccccc2S1(=O)=O. The van der Waals surface area contributed by atoms with Gasteiger partial charge in [0.15, 0.2) is 0 Å². The van der Waals surface area contributed by atoms with Crippen molar-refractivity contribution in [2.45, 2.75) is 16.7 Å². The number of ether oxygens (including phenoxy) is 1. The molecule has 0 amide bonds. The number of nitrogens with zero attached hydrogens (tertiary/aromatic N) is 1. The summed E-state index contributed by atoms with van der Waals surface area (Å²) in [5, 5.41) is 0. The Morgan fingerprint density at radius 1 is 1.17 bits per heavy atom. The van der Waals surface area contributed by atoms with Gasteiger partial charge in [-0.25, -0.2) is 8.42 Å². The minimum Gasteiger partial charge on any atom is -0.465 e. The van der Waals surface area contributed by atoms with E-state index in [0.717, 1.165) is 14.8 Å². The van der Waals surface area contributed by atoms with E-state index in [1.54, 1.807) is 43.0 Å². The highest BCUT2D eigenvalue weighted by atomic mass is 32.2. The molecule has 5 nitrogen and oxygen atoms in total. The molecule has 0 N–H and O–H groups in total. The van der Waals surface area contributed by atoms with Crippen molar-refractivity contribution in [3.05, 3.63) is 42.5 Å². The second kappa shape index (κ2) is 6.49. The molecule has 1 aliphatic rings. The van der Waals surface area contributed by atoms with E-state index in [4.69, 9.17) is 4.74 Å². The molecule has 0 bridgehead atoms. The van der Waals surface area contributed by atoms with Crippen LogP contribution in [0.2, 0.25) is 0 Å². The van der Waals surface area contributed by atoms with Crippen molar-refractivity contribution >= 4 is 33.4 Å². The monoisotopic (exact) mass is 363 g/mol. The van der Waals surface area contributed by atoms with Crippen LogP contribution in [0.1, 0.15) is 6.92 Å². The highest BCUT2D eigenvalue weighted by Crippen LogP contribution is 2.44. The Morgan fingerprint density at radius 2 is 1.92 bits per heavy atom. The minimum absolute atomic E-state index is 0.208. The van der Waals surface area contributed by atoms with Crippen molar-refractivity contribution in [3.63, 3.8) is 0 Å². The van der Waals surface area contributed by atoms with Gasteiger partial charge in [0.2, 0.25) is 0 Å². The van der Waals surface area contributed by atoms with Crippen LogP contribution in [0.5, 0.6) is 0 Å². The van der Waals surface area contributed by atoms with Crippen molar-refractivity contribution in [3.8, 4) is 11.1 Å². The predicted molar refractivity (Wildman–Crippen MR) is 94.8 cm³/mol. The molecule has 0 aromatic heterocycles. The summed E-state index contributed by atoms with van der Waals surface area (Å²) in [7, 11) is -3.80. The lowest BCUT2D eigenvalue weighted by molar-refractivity contribution is -0.141. The summed E-state index contributed by atoms with van der Waals surface area (Å²) in [5.74, 6) is -0.569. The molecule has 0 radical (unpaired) electrons. The van der Waals surface area contributed by atoms with E-state index in [2.05, 4.69) is 0 Å². The molecule has 2 aromatic rings. The summed E-state index contributed by atoms with van der Waals surface area (Å²) >= 11 is 1.58. The third-order valence-corrected chi connectivity index (χ3v) is 6.34. The summed E-state index contributed by atoms with van der Waals surface area (Å²) in [4.78, 5) is 13.1. The third kappa shape index (κ3) is 2.78. The normalized spacial score (nSPS) is 14.7. The van der Waals surface area contributed by atoms with Crippen LogP contribution in [-0.4, -0.2) is 33.8 Å². The lowest BCUT2D eigenvalue weighted by Crippen LogP contribution is -2.39. The van der Waals surface area contributed by atoms with Crippen LogP contribution in [0.15, 0.2) is 52.3 Å². The lowest BCUT2D eigenvalue weighted by atomic mass is 10.0. The van der Waals surface area contributed by atoms with Crippen LogP contribution < -0.4 is 4.31 Å². The Morgan fingerprint density at radius 3 is 2.62 bits per heavy atom. The van der Waals surface area contributed by atoms with Gasteiger partial charge in [-0.2, -0.15) is 0 Å². The van der Waals surface area contributed by atoms with Crippen molar-refractivity contribution < 1.29 is 17.9 Å². The molecular formula is C17H17NO4S2. The second-order valence-electron chi connectivity index (χ2n) is 5.20. The van der Waals surface area contributed by atoms with Crippen molar-refractivity contribution in [2.24, 2.45) is 0 Å². The number of hydrogen-bond acceptors (Lipinski definition) is 5. The van der Waals surface area contributed by atoms with E-state index < -0.39 is 16.0 Å². The fourth-order valence-corrected chi connectivity index (χ4v) is 4.81. The molecule has 0 aliphatic carbocycles. The van der Waals surface area contributed by atoms with Crippen LogP contribution in [0.4, 0.5) is 5.69 Å². The number of fused-ring (bicyclic) bond motifs is 3. The zero-order valence-corrected chi connectivity index (χ0v) is 15.0. The molecule has 0 fully saturated rings. The molecule has 0 atom stereocenters. The average Bonchev–Trinajstić information content (AvgIpc) is 2.58. The first kappa shape index (κ1) is 16.9. The van der Waals surface area contributed by atoms with Gasteiger partial charge in [-0.05, 0) is 37.4 Å². The van der Waals surface area contributed by atoms with E-state index in [0.29, 0.717) is 11.3 Å². The number of thioether (sulfide) groups is 1. The molecule has 7 heteroatoms. The van der Waals surface area contributed by atoms with Crippen molar-refractivity contribution in [1.82, 2.24) is 0 Å². The first-order chi connectivity index (χ1) is 11.5. The summed E-state index contributed by atoms with van der Waals surface area (Å²) in [6.07, 6.45) is 1.96. The Balaban J connectivity index is 2.20. The van der Waals surface area contributed by atoms with E-state index in [1.807, 2.05) is 24.5 Å². The molecule has 2 aromatic carbocycles. The van der Waals surface area contributed by atoms with Gasteiger partial charge in [0, 0.05) is 16.0 Å². The Hall–Kier alpha value is -1.99. The average molecular weight is 363 g/mol. The smallest absolute Gasteiger partial charge is 0.326 e. The maximum Gasteiger partial charge on any atom is 0.326 e. The number of carbonyl (C=O) groups excluding carboxylic acids is 1. The summed E-state index contributed by atoms with van der Waals surface area (Å²) in [5.41, 5.74) is 1.96. The van der Waals surface area contributed by atoms with Crippen molar-refractivity contribution in [2.75, 3.05) is 23.7 Å². The number of sulfonamides is 1. The maximum absolute atomic E-state index is 13.0. The van der Waals surface area contributed by atoms with Gasteiger partial charge in [-0.1, -0.05) is 18.2 Å². The van der Waals surface area contributed by atoms with Crippen molar-refractivity contribution in [1.29, 1.82) is 0 Å². The first-order valence-electron chi connectivity index (χ1n) is 7.45. The predicted octanol–water partition coefficient (Wildman–Crippen LogP) is 3.15. The quantitative estimate of drug-likeness (QED) is 0.617. The molecule has 1 aliphatic heterocycles. The largest absolute Gasteiger partial charge is 0.465 e. The fraction of sp³-hybridized carbons (Fsp3) is 0.235. The Labute approximate surface area is 145 Å². The van der Waals surface area contributed by atoms with E-state index in [9.17, 15) is 13.2 Å². The van der Waals surface area contributed by atoms with Gasteiger partial charge >= 0.3 is 5.97 Å². The van der Waals surface area contributed by atoms with E-state index in [-0.39, 0.29) is 18.0 Å². The van der Waals surface area contributed by atoms with Gasteiger partial charge in [-0.3, -0.25) is 9.10 Å². The molecule has 3 rings (SSSR count). The number of hydrogen-bond donors (Lipinski definition) is 0. The Kier molecular flexibility index (Phi) is 4.56. The molecule has 0 spiro atoms. The number of benzene rings is 2. The topological polar surface area (TPSA) is 63.7 Å². The number of rotatable bonds is 4. The van der Waals surface area contributed by atoms with Crippen LogP contribution in [0, 0.1) is 0 Å². The lowest BCUT2D eigenvalue weighted by Gasteiger charge is -2.31. The third-order valence-electron chi connectivity index (χ3n) is 3.80. The van der Waals surface area contributed by atoms with E-state index >= 15 is 0 Å². The van der Waals surface area contributed by atoms with Gasteiger partial charge < -0.3 is 4.74 Å². The van der Waals surface area contributed by atoms with Gasteiger partial charge in [-0.15, -0.1) is 11.8 Å². The van der Waals surface area contributed by atoms with Gasteiger partial charge in [0.1, 0.15) is 6.54 Å². The molecule has 0 saturated carbocycles. The number of carbonyl (C=O) groups is 1. The Bertz CT molecular complexity index is 893. The van der Waals surface area contributed by atoms with Crippen LogP contribution >= 0.6 is 11.8 Å². The first-order valence-corrected chi connectivity index (χ1v) is 10.1. The van der Waals surface area contributed by atoms with Gasteiger partial charge in [0.25, 0.3) is 10.0 Å². The molecule has 1 heterocycles. The van der Waals surface area contributed by atoms with Crippen LogP contribution in [0.25, 0.3) is 11.1 Å². The maximum atomic E-state index is 13.0. The summed E-state index contributed by atoms with van der Waals surface area (Å²) < 4.78 is 32.0. The standard InChI is InChI=1S/C17H17NO4S2/c1-3-22-17(19)11-18-15-9-8-12(23-2)10-14(15)13-6-4-5-7-16(13)24(18,20)21/h4-10H,3,11H2,1-2H3. The molecular weight excluding hydrogens is 346 g/mol. The molecule has 0 unspecified atom stereocenters. The summed E-state index contributed by atoms with van der Waals surface area (Å²) in [6, 6.07) is 12.4. The molecule has 126 valence electrons.